The van der Waals surface area contributed by atoms with Crippen molar-refractivity contribution >= 4 is 5.78 Å². The first-order valence-electron chi connectivity index (χ1n) is 6.30. The van der Waals surface area contributed by atoms with Crippen molar-refractivity contribution in [2.75, 3.05) is 13.2 Å². The highest BCUT2D eigenvalue weighted by molar-refractivity contribution is 6.08. The lowest BCUT2D eigenvalue weighted by molar-refractivity contribution is 0.103. The zero-order valence-corrected chi connectivity index (χ0v) is 10.6. The van der Waals surface area contributed by atoms with Gasteiger partial charge in [-0.05, 0) is 30.3 Å². The number of carbonyl (C=O) groups is 1. The third-order valence-corrected chi connectivity index (χ3v) is 2.97. The van der Waals surface area contributed by atoms with E-state index in [-0.39, 0.29) is 11.5 Å². The van der Waals surface area contributed by atoms with Crippen LogP contribution in [0.2, 0.25) is 0 Å². The fourth-order valence-corrected chi connectivity index (χ4v) is 1.96. The molecule has 4 nitrogen and oxygen atoms in total. The van der Waals surface area contributed by atoms with Crippen LogP contribution >= 0.6 is 0 Å². The Labute approximate surface area is 115 Å². The van der Waals surface area contributed by atoms with Gasteiger partial charge in [-0.15, -0.1) is 0 Å². The number of hydrogen-bond acceptors (Lipinski definition) is 4. The van der Waals surface area contributed by atoms with Gasteiger partial charge in [0.25, 0.3) is 0 Å². The van der Waals surface area contributed by atoms with Crippen LogP contribution < -0.4 is 9.47 Å². The number of halogens is 1. The van der Waals surface area contributed by atoms with Gasteiger partial charge in [0.15, 0.2) is 11.5 Å². The van der Waals surface area contributed by atoms with Crippen molar-refractivity contribution in [1.29, 1.82) is 0 Å². The predicted molar refractivity (Wildman–Crippen MR) is 69.7 cm³/mol. The summed E-state index contributed by atoms with van der Waals surface area (Å²) in [7, 11) is 0. The molecular weight excluding hydrogens is 261 g/mol. The van der Waals surface area contributed by atoms with Crippen LogP contribution in [0.25, 0.3) is 0 Å². The summed E-state index contributed by atoms with van der Waals surface area (Å²) in [5, 5.41) is 0. The summed E-state index contributed by atoms with van der Waals surface area (Å²) in [6.07, 6.45) is 1.83. The molecule has 20 heavy (non-hydrogen) atoms. The van der Waals surface area contributed by atoms with E-state index in [1.165, 1.54) is 12.1 Å². The normalized spacial score (nSPS) is 13.7. The minimum absolute atomic E-state index is 0.195. The van der Waals surface area contributed by atoms with Crippen LogP contribution in [0.3, 0.4) is 0 Å². The minimum atomic E-state index is -0.472. The molecule has 0 saturated carbocycles. The monoisotopic (exact) mass is 273 g/mol. The standard InChI is InChI=1S/C15H12FNO3/c16-11-3-4-12(17-9-11)15(18)10-2-5-13-14(8-10)20-7-1-6-19-13/h2-5,8-9H,1,6-7H2. The third kappa shape index (κ3) is 2.47. The summed E-state index contributed by atoms with van der Waals surface area (Å²) in [6.45, 7) is 1.15. The van der Waals surface area contributed by atoms with Crippen LogP contribution in [-0.2, 0) is 0 Å². The van der Waals surface area contributed by atoms with E-state index in [0.29, 0.717) is 30.3 Å². The van der Waals surface area contributed by atoms with Gasteiger partial charge in [-0.2, -0.15) is 0 Å². The van der Waals surface area contributed by atoms with E-state index in [0.717, 1.165) is 12.6 Å². The summed E-state index contributed by atoms with van der Waals surface area (Å²) < 4.78 is 23.9. The lowest BCUT2D eigenvalue weighted by Crippen LogP contribution is -2.05. The van der Waals surface area contributed by atoms with E-state index in [2.05, 4.69) is 4.98 Å². The quantitative estimate of drug-likeness (QED) is 0.789. The van der Waals surface area contributed by atoms with Gasteiger partial charge in [0, 0.05) is 12.0 Å². The fourth-order valence-electron chi connectivity index (χ4n) is 1.96. The second-order valence-electron chi connectivity index (χ2n) is 4.40. The molecule has 0 bridgehead atoms. The Kier molecular flexibility index (Phi) is 3.33. The maximum atomic E-state index is 12.8. The Hall–Kier alpha value is -2.43. The highest BCUT2D eigenvalue weighted by atomic mass is 19.1. The molecule has 0 saturated heterocycles. The minimum Gasteiger partial charge on any atom is -0.490 e. The first-order valence-corrected chi connectivity index (χ1v) is 6.30. The molecule has 0 amide bonds. The van der Waals surface area contributed by atoms with E-state index in [4.69, 9.17) is 9.47 Å². The smallest absolute Gasteiger partial charge is 0.211 e. The predicted octanol–water partition coefficient (Wildman–Crippen LogP) is 2.61. The van der Waals surface area contributed by atoms with Gasteiger partial charge in [-0.1, -0.05) is 0 Å². The average molecular weight is 273 g/mol. The van der Waals surface area contributed by atoms with E-state index in [1.54, 1.807) is 18.2 Å². The molecule has 0 aliphatic carbocycles. The number of pyridine rings is 1. The van der Waals surface area contributed by atoms with Crippen molar-refractivity contribution in [3.8, 4) is 11.5 Å². The molecule has 0 radical (unpaired) electrons. The molecule has 3 rings (SSSR count). The first kappa shape index (κ1) is 12.6. The second kappa shape index (κ2) is 5.28. The zero-order chi connectivity index (χ0) is 13.9. The van der Waals surface area contributed by atoms with Crippen LogP contribution in [0.5, 0.6) is 11.5 Å². The molecule has 0 atom stereocenters. The zero-order valence-electron chi connectivity index (χ0n) is 10.6. The number of hydrogen-bond donors (Lipinski definition) is 0. The molecule has 1 aromatic heterocycles. The van der Waals surface area contributed by atoms with Crippen molar-refractivity contribution in [2.45, 2.75) is 6.42 Å². The molecule has 1 aromatic carbocycles. The molecule has 0 unspecified atom stereocenters. The van der Waals surface area contributed by atoms with Crippen molar-refractivity contribution < 1.29 is 18.7 Å². The molecule has 2 aromatic rings. The van der Waals surface area contributed by atoms with Crippen molar-refractivity contribution in [2.24, 2.45) is 0 Å². The molecular formula is C15H12FNO3. The number of fused-ring (bicyclic) bond motifs is 1. The summed E-state index contributed by atoms with van der Waals surface area (Å²) in [5.41, 5.74) is 0.634. The fraction of sp³-hybridized carbons (Fsp3) is 0.200. The van der Waals surface area contributed by atoms with E-state index in [9.17, 15) is 9.18 Å². The summed E-state index contributed by atoms with van der Waals surface area (Å²) in [6, 6.07) is 7.57. The van der Waals surface area contributed by atoms with Crippen LogP contribution in [-0.4, -0.2) is 24.0 Å². The number of ketones is 1. The SMILES string of the molecule is O=C(c1ccc2c(c1)OCCCO2)c1ccc(F)cn1. The van der Waals surface area contributed by atoms with Crippen LogP contribution in [0, 0.1) is 5.82 Å². The Morgan fingerprint density at radius 3 is 2.65 bits per heavy atom. The number of rotatable bonds is 2. The molecule has 1 aliphatic rings. The highest BCUT2D eigenvalue weighted by Gasteiger charge is 2.16. The lowest BCUT2D eigenvalue weighted by Gasteiger charge is -2.08. The molecule has 0 fully saturated rings. The Morgan fingerprint density at radius 1 is 1.10 bits per heavy atom. The molecule has 102 valence electrons. The Morgan fingerprint density at radius 2 is 1.90 bits per heavy atom. The maximum Gasteiger partial charge on any atom is 0.211 e. The van der Waals surface area contributed by atoms with Crippen LogP contribution in [0.4, 0.5) is 4.39 Å². The first-order chi connectivity index (χ1) is 9.74. The number of nitrogens with zero attached hydrogens (tertiary/aromatic N) is 1. The molecule has 1 aliphatic heterocycles. The molecule has 0 spiro atoms. The van der Waals surface area contributed by atoms with E-state index >= 15 is 0 Å². The largest absolute Gasteiger partial charge is 0.490 e. The summed E-state index contributed by atoms with van der Waals surface area (Å²) in [4.78, 5) is 16.0. The third-order valence-electron chi connectivity index (χ3n) is 2.97. The van der Waals surface area contributed by atoms with Crippen molar-refractivity contribution in [3.05, 3.63) is 53.6 Å². The van der Waals surface area contributed by atoms with Gasteiger partial charge in [0.1, 0.15) is 11.5 Å². The van der Waals surface area contributed by atoms with Gasteiger partial charge in [0.2, 0.25) is 5.78 Å². The molecule has 2 heterocycles. The number of carbonyl (C=O) groups excluding carboxylic acids is 1. The lowest BCUT2D eigenvalue weighted by atomic mass is 10.1. The number of aromatic nitrogens is 1. The maximum absolute atomic E-state index is 12.8. The van der Waals surface area contributed by atoms with Gasteiger partial charge < -0.3 is 9.47 Å². The van der Waals surface area contributed by atoms with Crippen LogP contribution in [0.1, 0.15) is 22.5 Å². The number of benzene rings is 1. The highest BCUT2D eigenvalue weighted by Crippen LogP contribution is 2.30. The Bertz CT molecular complexity index is 640. The topological polar surface area (TPSA) is 48.4 Å². The summed E-state index contributed by atoms with van der Waals surface area (Å²) in [5.74, 6) is 0.433. The van der Waals surface area contributed by atoms with Gasteiger partial charge >= 0.3 is 0 Å². The summed E-state index contributed by atoms with van der Waals surface area (Å²) >= 11 is 0. The van der Waals surface area contributed by atoms with E-state index < -0.39 is 5.82 Å². The number of ether oxygens (including phenoxy) is 2. The van der Waals surface area contributed by atoms with Gasteiger partial charge in [-0.25, -0.2) is 9.37 Å². The Balaban J connectivity index is 1.92. The second-order valence-corrected chi connectivity index (χ2v) is 4.40. The van der Waals surface area contributed by atoms with Gasteiger partial charge in [-0.3, -0.25) is 4.79 Å². The van der Waals surface area contributed by atoms with Crippen molar-refractivity contribution in [3.63, 3.8) is 0 Å². The van der Waals surface area contributed by atoms with Gasteiger partial charge in [0.05, 0.1) is 19.4 Å². The molecule has 0 N–H and O–H groups in total. The molecule has 5 heteroatoms. The average Bonchev–Trinajstić information content (AvgIpc) is 2.71. The van der Waals surface area contributed by atoms with E-state index in [1.807, 2.05) is 0 Å². The van der Waals surface area contributed by atoms with Crippen LogP contribution in [0.15, 0.2) is 36.5 Å². The van der Waals surface area contributed by atoms with Crippen molar-refractivity contribution in [1.82, 2.24) is 4.98 Å².